The highest BCUT2D eigenvalue weighted by Crippen LogP contribution is 2.30. The second kappa shape index (κ2) is 9.69. The van der Waals surface area contributed by atoms with Gasteiger partial charge in [-0.1, -0.05) is 13.2 Å². The van der Waals surface area contributed by atoms with Gasteiger partial charge < -0.3 is 30.4 Å². The second-order valence-corrected chi connectivity index (χ2v) is 7.02. The van der Waals surface area contributed by atoms with Crippen molar-refractivity contribution in [3.05, 3.63) is 72.3 Å². The summed E-state index contributed by atoms with van der Waals surface area (Å²) >= 11 is 0. The highest BCUT2D eigenvalue weighted by molar-refractivity contribution is 5.94. The Bertz CT molecular complexity index is 1050. The maximum Gasteiger partial charge on any atom is 0.421 e. The number of ether oxygens (including phenoxy) is 4. The summed E-state index contributed by atoms with van der Waals surface area (Å²) in [5.41, 5.74) is 12.1. The minimum absolute atomic E-state index is 0.00465. The van der Waals surface area contributed by atoms with Crippen molar-refractivity contribution >= 4 is 29.3 Å². The monoisotopic (exact) mass is 440 g/mol. The summed E-state index contributed by atoms with van der Waals surface area (Å²) in [6.07, 6.45) is 0. The lowest BCUT2D eigenvalue weighted by atomic mass is 10.1. The molecule has 0 fully saturated rings. The Hall–Kier alpha value is -4.27. The Morgan fingerprint density at radius 3 is 1.81 bits per heavy atom. The van der Waals surface area contributed by atoms with Gasteiger partial charge in [0.15, 0.2) is 0 Å². The Morgan fingerprint density at radius 1 is 0.812 bits per heavy atom. The van der Waals surface area contributed by atoms with Crippen molar-refractivity contribution in [3.8, 4) is 11.5 Å². The normalized spacial score (nSPS) is 10.6. The van der Waals surface area contributed by atoms with Gasteiger partial charge in [0, 0.05) is 22.5 Å². The SMILES string of the molecule is C=C(C)C(=O)OC(C)(OC(=O)C(=C)C)OC(=O)c1cc(N)ccc1Oc1ccc(N)cc1. The Kier molecular flexibility index (Phi) is 7.27. The van der Waals surface area contributed by atoms with Gasteiger partial charge in [0.1, 0.15) is 17.1 Å². The second-order valence-electron chi connectivity index (χ2n) is 7.02. The Balaban J connectivity index is 2.37. The smallest absolute Gasteiger partial charge is 0.421 e. The molecule has 0 aliphatic carbocycles. The van der Waals surface area contributed by atoms with Crippen LogP contribution in [0.1, 0.15) is 31.1 Å². The topological polar surface area (TPSA) is 140 Å². The summed E-state index contributed by atoms with van der Waals surface area (Å²) in [6, 6.07) is 10.7. The lowest BCUT2D eigenvalue weighted by Crippen LogP contribution is -2.42. The molecule has 168 valence electrons. The first-order chi connectivity index (χ1) is 14.9. The van der Waals surface area contributed by atoms with Crippen LogP contribution in [0.5, 0.6) is 11.5 Å². The molecule has 9 nitrogen and oxygen atoms in total. The zero-order valence-corrected chi connectivity index (χ0v) is 18.0. The number of carbonyl (C=O) groups excluding carboxylic acids is 3. The molecule has 0 atom stereocenters. The van der Waals surface area contributed by atoms with Gasteiger partial charge in [0.25, 0.3) is 0 Å². The molecule has 32 heavy (non-hydrogen) atoms. The van der Waals surface area contributed by atoms with E-state index in [1.807, 2.05) is 0 Å². The fourth-order valence-electron chi connectivity index (χ4n) is 2.26. The maximum absolute atomic E-state index is 13.0. The number of esters is 3. The van der Waals surface area contributed by atoms with Crippen molar-refractivity contribution in [3.63, 3.8) is 0 Å². The lowest BCUT2D eigenvalue weighted by Gasteiger charge is -2.28. The number of carbonyl (C=O) groups is 3. The number of nitrogens with two attached hydrogens (primary N) is 2. The molecule has 9 heteroatoms. The van der Waals surface area contributed by atoms with Crippen molar-refractivity contribution < 1.29 is 33.3 Å². The molecule has 2 aromatic carbocycles. The van der Waals surface area contributed by atoms with Crippen molar-refractivity contribution in [2.45, 2.75) is 26.7 Å². The van der Waals surface area contributed by atoms with E-state index in [9.17, 15) is 14.4 Å². The molecule has 0 saturated heterocycles. The van der Waals surface area contributed by atoms with Gasteiger partial charge in [0.2, 0.25) is 0 Å². The third-order valence-electron chi connectivity index (χ3n) is 3.86. The predicted octanol–water partition coefficient (Wildman–Crippen LogP) is 3.71. The van der Waals surface area contributed by atoms with Gasteiger partial charge in [-0.05, 0) is 56.3 Å². The molecular weight excluding hydrogens is 416 g/mol. The quantitative estimate of drug-likeness (QED) is 0.272. The van der Waals surface area contributed by atoms with Crippen LogP contribution in [-0.4, -0.2) is 23.9 Å². The molecule has 0 amide bonds. The third-order valence-corrected chi connectivity index (χ3v) is 3.86. The number of hydrogen-bond donors (Lipinski definition) is 2. The van der Waals surface area contributed by atoms with Gasteiger partial charge in [-0.3, -0.25) is 0 Å². The third kappa shape index (κ3) is 6.36. The van der Waals surface area contributed by atoms with Crippen molar-refractivity contribution in [2.24, 2.45) is 0 Å². The first-order valence-corrected chi connectivity index (χ1v) is 9.34. The summed E-state index contributed by atoms with van der Waals surface area (Å²) in [6.45, 7) is 10.7. The molecular formula is C23H24N2O7. The number of rotatable bonds is 8. The van der Waals surface area contributed by atoms with E-state index in [4.69, 9.17) is 30.4 Å². The minimum atomic E-state index is -2.41. The first-order valence-electron chi connectivity index (χ1n) is 9.34. The average molecular weight is 440 g/mol. The van der Waals surface area contributed by atoms with Crippen LogP contribution in [0.15, 0.2) is 66.8 Å². The zero-order chi connectivity index (χ0) is 24.1. The van der Waals surface area contributed by atoms with Gasteiger partial charge in [-0.2, -0.15) is 0 Å². The van der Waals surface area contributed by atoms with E-state index in [0.717, 1.165) is 6.92 Å². The van der Waals surface area contributed by atoms with E-state index in [2.05, 4.69) is 13.2 Å². The Labute approximate surface area is 185 Å². The average Bonchev–Trinajstić information content (AvgIpc) is 2.70. The van der Waals surface area contributed by atoms with Crippen LogP contribution in [0, 0.1) is 0 Å². The summed E-state index contributed by atoms with van der Waals surface area (Å²) in [7, 11) is 0. The fourth-order valence-corrected chi connectivity index (χ4v) is 2.26. The van der Waals surface area contributed by atoms with Gasteiger partial charge in [-0.25, -0.2) is 14.4 Å². The van der Waals surface area contributed by atoms with Crippen LogP contribution < -0.4 is 16.2 Å². The van der Waals surface area contributed by atoms with E-state index in [1.165, 1.54) is 32.0 Å². The standard InChI is InChI=1S/C23H24N2O7/c1-13(2)20(26)30-23(5,31-21(27)14(3)4)32-22(28)18-12-16(25)8-11-19(18)29-17-9-6-15(24)7-10-17/h6-12H,1,3,24-25H2,2,4-5H3. The largest absolute Gasteiger partial charge is 0.456 e. The molecule has 0 aliphatic rings. The molecule has 2 aromatic rings. The molecule has 0 heterocycles. The molecule has 2 rings (SSSR count). The van der Waals surface area contributed by atoms with Crippen LogP contribution in [0.25, 0.3) is 0 Å². The van der Waals surface area contributed by atoms with Gasteiger partial charge >= 0.3 is 23.9 Å². The van der Waals surface area contributed by atoms with Crippen LogP contribution in [0.2, 0.25) is 0 Å². The van der Waals surface area contributed by atoms with Crippen molar-refractivity contribution in [2.75, 3.05) is 11.5 Å². The fraction of sp³-hybridized carbons (Fsp3) is 0.174. The molecule has 0 saturated carbocycles. The predicted molar refractivity (Wildman–Crippen MR) is 117 cm³/mol. The van der Waals surface area contributed by atoms with Crippen LogP contribution >= 0.6 is 0 Å². The van der Waals surface area contributed by atoms with E-state index < -0.39 is 23.9 Å². The number of benzene rings is 2. The summed E-state index contributed by atoms with van der Waals surface area (Å²) < 4.78 is 21.1. The highest BCUT2D eigenvalue weighted by atomic mass is 16.9. The van der Waals surface area contributed by atoms with E-state index >= 15 is 0 Å². The zero-order valence-electron chi connectivity index (χ0n) is 18.0. The minimum Gasteiger partial charge on any atom is -0.456 e. The maximum atomic E-state index is 13.0. The van der Waals surface area contributed by atoms with Gasteiger partial charge in [0.05, 0.1) is 6.92 Å². The molecule has 4 N–H and O–H groups in total. The highest BCUT2D eigenvalue weighted by Gasteiger charge is 2.39. The van der Waals surface area contributed by atoms with E-state index in [1.54, 1.807) is 24.3 Å². The van der Waals surface area contributed by atoms with Gasteiger partial charge in [-0.15, -0.1) is 0 Å². The molecule has 0 bridgehead atoms. The molecule has 0 spiro atoms. The van der Waals surface area contributed by atoms with Crippen molar-refractivity contribution in [1.29, 1.82) is 0 Å². The summed E-state index contributed by atoms with van der Waals surface area (Å²) in [5, 5.41) is 0. The molecule has 0 radical (unpaired) electrons. The summed E-state index contributed by atoms with van der Waals surface area (Å²) in [4.78, 5) is 37.0. The Morgan fingerprint density at radius 2 is 1.31 bits per heavy atom. The number of anilines is 2. The summed E-state index contributed by atoms with van der Waals surface area (Å²) in [5.74, 6) is -4.85. The van der Waals surface area contributed by atoms with Crippen molar-refractivity contribution in [1.82, 2.24) is 0 Å². The van der Waals surface area contributed by atoms with E-state index in [-0.39, 0.29) is 28.1 Å². The molecule has 0 unspecified atom stereocenters. The van der Waals surface area contributed by atoms with E-state index in [0.29, 0.717) is 11.4 Å². The van der Waals surface area contributed by atoms with Crippen LogP contribution in [0.3, 0.4) is 0 Å². The molecule has 0 aliphatic heterocycles. The lowest BCUT2D eigenvalue weighted by molar-refractivity contribution is -0.307. The van der Waals surface area contributed by atoms with Crippen LogP contribution in [0.4, 0.5) is 11.4 Å². The first kappa shape index (κ1) is 24.0. The number of hydrogen-bond acceptors (Lipinski definition) is 9. The number of nitrogen functional groups attached to an aromatic ring is 2. The molecule has 0 aromatic heterocycles. The van der Waals surface area contributed by atoms with Crippen LogP contribution in [-0.2, 0) is 23.8 Å².